The molecule has 0 bridgehead atoms. The fourth-order valence-corrected chi connectivity index (χ4v) is 2.22. The van der Waals surface area contributed by atoms with E-state index < -0.39 is 20.2 Å². The van der Waals surface area contributed by atoms with Crippen LogP contribution in [0.4, 0.5) is 0 Å². The fraction of sp³-hybridized carbons (Fsp3) is 1.00. The molecule has 2 N–H and O–H groups in total. The van der Waals surface area contributed by atoms with Crippen molar-refractivity contribution in [2.75, 3.05) is 24.7 Å². The quantitative estimate of drug-likeness (QED) is 0.433. The van der Waals surface area contributed by atoms with Gasteiger partial charge in [-0.1, -0.05) is 0 Å². The molecule has 0 aromatic rings. The Bertz CT molecular complexity index is 352. The lowest BCUT2D eigenvalue weighted by Crippen LogP contribution is -2.07. The highest BCUT2D eigenvalue weighted by molar-refractivity contribution is 8.93. The third-order valence-electron chi connectivity index (χ3n) is 1.88. The average molecular weight is 371 g/mol. The predicted octanol–water partition coefficient (Wildman–Crippen LogP) is 0.917. The van der Waals surface area contributed by atoms with Crippen molar-refractivity contribution in [2.24, 2.45) is 0 Å². The summed E-state index contributed by atoms with van der Waals surface area (Å²) in [6.07, 6.45) is 1.67. The molecule has 0 amide bonds. The number of hydrogen-bond donors (Lipinski definition) is 2. The van der Waals surface area contributed by atoms with Gasteiger partial charge in [-0.05, 0) is 25.7 Å². The molecule has 0 aromatic carbocycles. The average Bonchev–Trinajstić information content (AvgIpc) is 2.11. The van der Waals surface area contributed by atoms with Gasteiger partial charge in [0.05, 0.1) is 11.5 Å². The minimum Gasteiger partial charge on any atom is -0.381 e. The molecule has 7 nitrogen and oxygen atoms in total. The van der Waals surface area contributed by atoms with Crippen LogP contribution in [0, 0.1) is 0 Å². The molecule has 0 aromatic heterocycles. The lowest BCUT2D eigenvalue weighted by molar-refractivity contribution is 0.128. The zero-order valence-corrected chi connectivity index (χ0v) is 13.2. The first-order valence-corrected chi connectivity index (χ1v) is 8.40. The predicted molar refractivity (Wildman–Crippen MR) is 72.4 cm³/mol. The topological polar surface area (TPSA) is 118 Å². The van der Waals surface area contributed by atoms with E-state index in [0.29, 0.717) is 38.9 Å². The van der Waals surface area contributed by atoms with Crippen LogP contribution in [0.25, 0.3) is 0 Å². The Morgan fingerprint density at radius 3 is 1.33 bits per heavy atom. The lowest BCUT2D eigenvalue weighted by atomic mass is 10.3. The Balaban J connectivity index is 0. The minimum absolute atomic E-state index is 0. The first-order chi connectivity index (χ1) is 7.71. The summed E-state index contributed by atoms with van der Waals surface area (Å²) in [7, 11) is -7.78. The van der Waals surface area contributed by atoms with Crippen molar-refractivity contribution in [3.63, 3.8) is 0 Å². The maximum absolute atomic E-state index is 10.3. The Labute approximate surface area is 118 Å². The first kappa shape index (κ1) is 20.6. The molecule has 18 heavy (non-hydrogen) atoms. The van der Waals surface area contributed by atoms with Crippen molar-refractivity contribution in [3.05, 3.63) is 0 Å². The van der Waals surface area contributed by atoms with E-state index in [9.17, 15) is 16.8 Å². The number of ether oxygens (including phenoxy) is 1. The van der Waals surface area contributed by atoms with E-state index in [2.05, 4.69) is 0 Å². The van der Waals surface area contributed by atoms with Gasteiger partial charge in [0.2, 0.25) is 0 Å². The van der Waals surface area contributed by atoms with Crippen molar-refractivity contribution < 1.29 is 30.7 Å². The van der Waals surface area contributed by atoms with E-state index in [1.54, 1.807) is 0 Å². The van der Waals surface area contributed by atoms with Crippen LogP contribution < -0.4 is 0 Å². The highest BCUT2D eigenvalue weighted by atomic mass is 79.9. The number of halogens is 1. The molecule has 0 rings (SSSR count). The summed E-state index contributed by atoms with van der Waals surface area (Å²) in [6, 6.07) is 0. The minimum atomic E-state index is -3.89. The van der Waals surface area contributed by atoms with Crippen LogP contribution in [0.2, 0.25) is 0 Å². The van der Waals surface area contributed by atoms with Gasteiger partial charge in [-0.2, -0.15) is 16.8 Å². The normalized spacial score (nSPS) is 12.1. The van der Waals surface area contributed by atoms with Crippen LogP contribution in [0.1, 0.15) is 25.7 Å². The van der Waals surface area contributed by atoms with E-state index in [4.69, 9.17) is 13.8 Å². The molecule has 0 saturated heterocycles. The highest BCUT2D eigenvalue weighted by Crippen LogP contribution is 1.98. The van der Waals surface area contributed by atoms with Gasteiger partial charge < -0.3 is 4.74 Å². The summed E-state index contributed by atoms with van der Waals surface area (Å²) in [4.78, 5) is 0. The molecule has 0 saturated carbocycles. The maximum Gasteiger partial charge on any atom is 0.264 e. The first-order valence-electron chi connectivity index (χ1n) is 5.19. The third kappa shape index (κ3) is 18.6. The zero-order chi connectivity index (χ0) is 13.4. The molecule has 0 fully saturated rings. The Morgan fingerprint density at radius 2 is 1.06 bits per heavy atom. The van der Waals surface area contributed by atoms with Crippen LogP contribution in [0.3, 0.4) is 0 Å². The van der Waals surface area contributed by atoms with Gasteiger partial charge in [0.1, 0.15) is 0 Å². The van der Waals surface area contributed by atoms with E-state index in [0.717, 1.165) is 0 Å². The lowest BCUT2D eigenvalue weighted by Gasteiger charge is -2.03. The summed E-state index contributed by atoms with van der Waals surface area (Å²) >= 11 is 0. The maximum atomic E-state index is 10.3. The third-order valence-corrected chi connectivity index (χ3v) is 3.49. The summed E-state index contributed by atoms with van der Waals surface area (Å²) < 4.78 is 63.3. The van der Waals surface area contributed by atoms with Crippen molar-refractivity contribution in [2.45, 2.75) is 25.7 Å². The van der Waals surface area contributed by atoms with Crippen LogP contribution in [0.15, 0.2) is 0 Å². The van der Waals surface area contributed by atoms with Crippen LogP contribution in [0.5, 0.6) is 0 Å². The molecule has 112 valence electrons. The van der Waals surface area contributed by atoms with E-state index in [1.807, 2.05) is 0 Å². The molecule has 0 aliphatic rings. The van der Waals surface area contributed by atoms with Crippen molar-refractivity contribution in [3.8, 4) is 0 Å². The number of hydrogen-bond acceptors (Lipinski definition) is 5. The SMILES string of the molecule is Br.O=S(=O)(O)CCCCOCCCCS(=O)(=O)O. The number of rotatable bonds is 10. The molecule has 0 radical (unpaired) electrons. The number of unbranched alkanes of at least 4 members (excludes halogenated alkanes) is 2. The van der Waals surface area contributed by atoms with Crippen molar-refractivity contribution in [1.29, 1.82) is 0 Å². The molecule has 0 unspecified atom stereocenters. The molecular weight excluding hydrogens is 352 g/mol. The van der Waals surface area contributed by atoms with E-state index in [1.165, 1.54) is 0 Å². The van der Waals surface area contributed by atoms with Gasteiger partial charge >= 0.3 is 0 Å². The van der Waals surface area contributed by atoms with Crippen LogP contribution in [-0.4, -0.2) is 50.7 Å². The van der Waals surface area contributed by atoms with Gasteiger partial charge in [0.15, 0.2) is 0 Å². The van der Waals surface area contributed by atoms with Gasteiger partial charge in [-0.25, -0.2) is 0 Å². The highest BCUT2D eigenvalue weighted by Gasteiger charge is 2.04. The standard InChI is InChI=1S/C8H18O7S2.BrH/c9-16(10,11)7-3-1-5-15-6-2-4-8-17(12,13)14;/h1-8H2,(H,9,10,11)(H,12,13,14);1H. The summed E-state index contributed by atoms with van der Waals surface area (Å²) in [5, 5.41) is 0. The monoisotopic (exact) mass is 370 g/mol. The Morgan fingerprint density at radius 1 is 0.722 bits per heavy atom. The molecular formula is C8H19BrO7S2. The van der Waals surface area contributed by atoms with Crippen LogP contribution in [-0.2, 0) is 25.0 Å². The van der Waals surface area contributed by atoms with E-state index in [-0.39, 0.29) is 28.5 Å². The summed E-state index contributed by atoms with van der Waals surface area (Å²) in [5.41, 5.74) is 0. The summed E-state index contributed by atoms with van der Waals surface area (Å²) in [5.74, 6) is -0.557. The van der Waals surface area contributed by atoms with Crippen molar-refractivity contribution in [1.82, 2.24) is 0 Å². The van der Waals surface area contributed by atoms with Gasteiger partial charge in [0, 0.05) is 13.2 Å². The van der Waals surface area contributed by atoms with Crippen LogP contribution >= 0.6 is 17.0 Å². The Hall–Kier alpha value is 0.260. The van der Waals surface area contributed by atoms with Gasteiger partial charge in [-0.3, -0.25) is 9.11 Å². The smallest absolute Gasteiger partial charge is 0.264 e. The molecule has 0 aliphatic heterocycles. The molecule has 0 aliphatic carbocycles. The second-order valence-corrected chi connectivity index (χ2v) is 6.74. The molecule has 10 heteroatoms. The Kier molecular flexibility index (Phi) is 11.5. The largest absolute Gasteiger partial charge is 0.381 e. The zero-order valence-electron chi connectivity index (χ0n) is 9.82. The van der Waals surface area contributed by atoms with E-state index >= 15 is 0 Å². The summed E-state index contributed by atoms with van der Waals surface area (Å²) in [6.45, 7) is 0.725. The molecule has 0 heterocycles. The fourth-order valence-electron chi connectivity index (χ4n) is 1.08. The van der Waals surface area contributed by atoms with Gasteiger partial charge in [0.25, 0.3) is 20.2 Å². The second-order valence-electron chi connectivity index (χ2n) is 3.60. The second kappa shape index (κ2) is 10.1. The van der Waals surface area contributed by atoms with Crippen molar-refractivity contribution >= 4 is 37.2 Å². The molecule has 0 atom stereocenters. The molecule has 0 spiro atoms. The van der Waals surface area contributed by atoms with Gasteiger partial charge in [-0.15, -0.1) is 17.0 Å².